The summed E-state index contributed by atoms with van der Waals surface area (Å²) in [5.74, 6) is 0. The SMILES string of the molecule is CN1CCN(CC2=C(C3=CC=CC(C)(C(F)(F)F)C=C3)CC(C)(C)CC2)CC1. The van der Waals surface area contributed by atoms with Gasteiger partial charge in [-0.15, -0.1) is 0 Å². The van der Waals surface area contributed by atoms with Crippen molar-refractivity contribution >= 4 is 0 Å². The van der Waals surface area contributed by atoms with Crippen LogP contribution in [-0.2, 0) is 0 Å². The van der Waals surface area contributed by atoms with Crippen LogP contribution in [0.3, 0.4) is 0 Å². The quantitative estimate of drug-likeness (QED) is 0.636. The Bertz CT molecular complexity index is 704. The van der Waals surface area contributed by atoms with Crippen molar-refractivity contribution in [2.45, 2.75) is 46.2 Å². The Kier molecular flexibility index (Phi) is 5.98. The van der Waals surface area contributed by atoms with Gasteiger partial charge in [0.25, 0.3) is 0 Å². The predicted molar refractivity (Wildman–Crippen MR) is 109 cm³/mol. The molecule has 0 aromatic heterocycles. The van der Waals surface area contributed by atoms with Crippen LogP contribution in [-0.4, -0.2) is 55.7 Å². The number of nitrogens with zero attached hydrogens (tertiary/aromatic N) is 2. The maximum absolute atomic E-state index is 13.5. The van der Waals surface area contributed by atoms with Gasteiger partial charge >= 0.3 is 6.18 Å². The smallest absolute Gasteiger partial charge is 0.304 e. The number of allylic oxidation sites excluding steroid dienone is 7. The van der Waals surface area contributed by atoms with Crippen LogP contribution < -0.4 is 0 Å². The maximum atomic E-state index is 13.5. The molecule has 0 amide bonds. The predicted octanol–water partition coefficient (Wildman–Crippen LogP) is 5.36. The minimum absolute atomic E-state index is 0.180. The molecule has 3 rings (SSSR count). The summed E-state index contributed by atoms with van der Waals surface area (Å²) in [6.45, 7) is 10.9. The van der Waals surface area contributed by atoms with E-state index in [1.54, 1.807) is 12.2 Å². The summed E-state index contributed by atoms with van der Waals surface area (Å²) in [6, 6.07) is 0. The monoisotopic (exact) mass is 394 g/mol. The molecule has 1 heterocycles. The number of alkyl halides is 3. The summed E-state index contributed by atoms with van der Waals surface area (Å²) in [4.78, 5) is 4.83. The van der Waals surface area contributed by atoms with Crippen LogP contribution in [0.15, 0.2) is 47.1 Å². The molecule has 0 aromatic rings. The molecule has 3 aliphatic rings. The van der Waals surface area contributed by atoms with Crippen LogP contribution in [0.25, 0.3) is 0 Å². The molecule has 0 radical (unpaired) electrons. The maximum Gasteiger partial charge on any atom is 0.400 e. The van der Waals surface area contributed by atoms with Crippen LogP contribution in [0.2, 0.25) is 0 Å². The van der Waals surface area contributed by atoms with Gasteiger partial charge in [0.2, 0.25) is 0 Å². The second-order valence-electron chi connectivity index (χ2n) is 9.60. The molecule has 0 saturated carbocycles. The standard InChI is InChI=1S/C23H33F3N2/c1-21(2)10-7-19(17-28-14-12-27(4)13-15-28)20(16-21)18-6-5-9-22(3,11-8-18)23(24,25)26/h5-6,8-9,11H,7,10,12-17H2,1-4H3. The van der Waals surface area contributed by atoms with E-state index in [1.165, 1.54) is 30.2 Å². The van der Waals surface area contributed by atoms with Gasteiger partial charge in [0.05, 0.1) is 5.41 Å². The van der Waals surface area contributed by atoms with E-state index in [0.29, 0.717) is 0 Å². The number of likely N-dealkylation sites (N-methyl/N-ethyl adjacent to an activating group) is 1. The molecule has 0 aromatic carbocycles. The van der Waals surface area contributed by atoms with Crippen LogP contribution >= 0.6 is 0 Å². The minimum Gasteiger partial charge on any atom is -0.304 e. The van der Waals surface area contributed by atoms with Gasteiger partial charge in [-0.25, -0.2) is 0 Å². The van der Waals surface area contributed by atoms with Crippen molar-refractivity contribution in [3.63, 3.8) is 0 Å². The summed E-state index contributed by atoms with van der Waals surface area (Å²) in [5, 5.41) is 0. The van der Waals surface area contributed by atoms with E-state index in [1.807, 2.05) is 6.08 Å². The minimum atomic E-state index is -4.29. The number of hydrogen-bond donors (Lipinski definition) is 0. The van der Waals surface area contributed by atoms with E-state index in [9.17, 15) is 13.2 Å². The third-order valence-corrected chi connectivity index (χ3v) is 6.48. The lowest BCUT2D eigenvalue weighted by molar-refractivity contribution is -0.183. The Morgan fingerprint density at radius 2 is 1.71 bits per heavy atom. The third kappa shape index (κ3) is 4.80. The lowest BCUT2D eigenvalue weighted by Crippen LogP contribution is -2.45. The zero-order chi connectivity index (χ0) is 20.6. The normalized spacial score (nSPS) is 29.8. The Balaban J connectivity index is 1.88. The second-order valence-corrected chi connectivity index (χ2v) is 9.60. The van der Waals surface area contributed by atoms with Gasteiger partial charge < -0.3 is 4.90 Å². The van der Waals surface area contributed by atoms with Crippen LogP contribution in [0.4, 0.5) is 13.2 Å². The molecule has 0 bridgehead atoms. The van der Waals surface area contributed by atoms with Crippen molar-refractivity contribution in [2.24, 2.45) is 10.8 Å². The molecule has 5 heteroatoms. The molecule has 156 valence electrons. The lowest BCUT2D eigenvalue weighted by atomic mass is 9.72. The first kappa shape index (κ1) is 21.4. The van der Waals surface area contributed by atoms with E-state index in [2.05, 4.69) is 30.7 Å². The first-order chi connectivity index (χ1) is 13.0. The van der Waals surface area contributed by atoms with Crippen molar-refractivity contribution in [2.75, 3.05) is 39.8 Å². The first-order valence-corrected chi connectivity index (χ1v) is 10.3. The average Bonchev–Trinajstić information content (AvgIpc) is 2.80. The summed E-state index contributed by atoms with van der Waals surface area (Å²) < 4.78 is 40.4. The second kappa shape index (κ2) is 7.83. The van der Waals surface area contributed by atoms with Gasteiger partial charge in [-0.05, 0) is 49.8 Å². The molecule has 1 fully saturated rings. The summed E-state index contributed by atoms with van der Waals surface area (Å²) >= 11 is 0. The fraction of sp³-hybridized carbons (Fsp3) is 0.652. The van der Waals surface area contributed by atoms with Gasteiger partial charge in [0.1, 0.15) is 0 Å². The zero-order valence-electron chi connectivity index (χ0n) is 17.6. The molecule has 1 saturated heterocycles. The lowest BCUT2D eigenvalue weighted by Gasteiger charge is -2.38. The molecule has 0 spiro atoms. The Hall–Kier alpha value is -1.33. The van der Waals surface area contributed by atoms with Crippen molar-refractivity contribution in [1.82, 2.24) is 9.80 Å². The van der Waals surface area contributed by atoms with Gasteiger partial charge in [-0.3, -0.25) is 4.90 Å². The highest BCUT2D eigenvalue weighted by Crippen LogP contribution is 2.45. The Morgan fingerprint density at radius 1 is 1.04 bits per heavy atom. The third-order valence-electron chi connectivity index (χ3n) is 6.48. The molecule has 1 atom stereocenters. The van der Waals surface area contributed by atoms with Crippen molar-refractivity contribution in [3.8, 4) is 0 Å². The molecule has 0 N–H and O–H groups in total. The van der Waals surface area contributed by atoms with Gasteiger partial charge in [0.15, 0.2) is 0 Å². The van der Waals surface area contributed by atoms with Crippen molar-refractivity contribution in [1.29, 1.82) is 0 Å². The van der Waals surface area contributed by atoms with E-state index in [-0.39, 0.29) is 5.41 Å². The molecular weight excluding hydrogens is 361 g/mol. The van der Waals surface area contributed by atoms with E-state index >= 15 is 0 Å². The topological polar surface area (TPSA) is 6.48 Å². The van der Waals surface area contributed by atoms with Crippen LogP contribution in [0, 0.1) is 10.8 Å². The highest BCUT2D eigenvalue weighted by atomic mass is 19.4. The zero-order valence-corrected chi connectivity index (χ0v) is 17.6. The molecule has 1 aliphatic heterocycles. The average molecular weight is 395 g/mol. The summed E-state index contributed by atoms with van der Waals surface area (Å²) in [5.41, 5.74) is 1.87. The Morgan fingerprint density at radius 3 is 2.36 bits per heavy atom. The molecule has 2 nitrogen and oxygen atoms in total. The number of rotatable bonds is 3. The molecular formula is C23H33F3N2. The molecule has 28 heavy (non-hydrogen) atoms. The molecule has 1 unspecified atom stereocenters. The van der Waals surface area contributed by atoms with E-state index in [0.717, 1.165) is 57.6 Å². The fourth-order valence-electron chi connectivity index (χ4n) is 4.20. The van der Waals surface area contributed by atoms with Gasteiger partial charge in [-0.1, -0.05) is 49.8 Å². The Labute approximate surface area is 167 Å². The van der Waals surface area contributed by atoms with Crippen molar-refractivity contribution in [3.05, 3.63) is 47.1 Å². The highest BCUT2D eigenvalue weighted by Gasteiger charge is 2.47. The van der Waals surface area contributed by atoms with Gasteiger partial charge in [0, 0.05) is 32.7 Å². The van der Waals surface area contributed by atoms with Crippen LogP contribution in [0.5, 0.6) is 0 Å². The summed E-state index contributed by atoms with van der Waals surface area (Å²) in [7, 11) is 2.15. The first-order valence-electron chi connectivity index (χ1n) is 10.3. The molecule has 2 aliphatic carbocycles. The van der Waals surface area contributed by atoms with Crippen molar-refractivity contribution < 1.29 is 13.2 Å². The fourth-order valence-corrected chi connectivity index (χ4v) is 4.20. The number of halogens is 3. The number of hydrogen-bond acceptors (Lipinski definition) is 2. The van der Waals surface area contributed by atoms with E-state index in [4.69, 9.17) is 0 Å². The highest BCUT2D eigenvalue weighted by molar-refractivity contribution is 5.49. The largest absolute Gasteiger partial charge is 0.400 e. The summed E-state index contributed by atoms with van der Waals surface area (Å²) in [6.07, 6.45) is 6.55. The number of piperazine rings is 1. The van der Waals surface area contributed by atoms with Gasteiger partial charge in [-0.2, -0.15) is 13.2 Å². The van der Waals surface area contributed by atoms with Crippen LogP contribution in [0.1, 0.15) is 40.0 Å². The van der Waals surface area contributed by atoms with E-state index < -0.39 is 11.6 Å².